The third-order valence-corrected chi connectivity index (χ3v) is 6.86. The fourth-order valence-corrected chi connectivity index (χ4v) is 4.82. The van der Waals surface area contributed by atoms with Gasteiger partial charge in [0.2, 0.25) is 0 Å². The second-order valence-electron chi connectivity index (χ2n) is 12.6. The highest BCUT2D eigenvalue weighted by atomic mass is 16.6. The van der Waals surface area contributed by atoms with Crippen molar-refractivity contribution in [3.8, 4) is 11.3 Å². The van der Waals surface area contributed by atoms with Gasteiger partial charge in [-0.1, -0.05) is 0 Å². The lowest BCUT2D eigenvalue weighted by atomic mass is 9.80. The molecule has 5 rings (SSSR count). The minimum atomic E-state index is -0.711. The van der Waals surface area contributed by atoms with E-state index in [1.165, 1.54) is 0 Å². The van der Waals surface area contributed by atoms with E-state index in [-0.39, 0.29) is 18.5 Å². The number of carbonyl (C=O) groups is 2. The highest BCUT2D eigenvalue weighted by molar-refractivity contribution is 5.88. The first kappa shape index (κ1) is 26.2. The zero-order valence-corrected chi connectivity index (χ0v) is 23.4. The topological polar surface area (TPSA) is 104 Å². The van der Waals surface area contributed by atoms with Crippen molar-refractivity contribution in [3.05, 3.63) is 30.2 Å². The molecule has 2 saturated carbocycles. The van der Waals surface area contributed by atoms with Crippen molar-refractivity contribution in [2.75, 3.05) is 6.54 Å². The van der Waals surface area contributed by atoms with Crippen molar-refractivity contribution in [1.29, 1.82) is 0 Å². The van der Waals surface area contributed by atoms with E-state index in [4.69, 9.17) is 19.6 Å². The normalized spacial score (nSPS) is 19.8. The summed E-state index contributed by atoms with van der Waals surface area (Å²) >= 11 is 0. The van der Waals surface area contributed by atoms with Gasteiger partial charge >= 0.3 is 12.2 Å². The first-order chi connectivity index (χ1) is 17.8. The van der Waals surface area contributed by atoms with Gasteiger partial charge in [0.05, 0.1) is 29.1 Å². The lowest BCUT2D eigenvalue weighted by Crippen LogP contribution is -2.47. The number of fused-ring (bicyclic) bond motifs is 1. The molecule has 2 aliphatic rings. The molecule has 3 heterocycles. The van der Waals surface area contributed by atoms with Crippen molar-refractivity contribution in [2.24, 2.45) is 13.0 Å². The Morgan fingerprint density at radius 3 is 2.24 bits per heavy atom. The highest BCUT2D eigenvalue weighted by Crippen LogP contribution is 2.46. The predicted octanol–water partition coefficient (Wildman–Crippen LogP) is 5.83. The van der Waals surface area contributed by atoms with Crippen LogP contribution in [0.25, 0.3) is 22.3 Å². The van der Waals surface area contributed by atoms with Gasteiger partial charge in [-0.15, -0.1) is 0 Å². The Bertz CT molecular complexity index is 1320. The molecular formula is C28H38N6O4. The maximum absolute atomic E-state index is 12.9. The Labute approximate surface area is 223 Å². The second kappa shape index (κ2) is 9.39. The summed E-state index contributed by atoms with van der Waals surface area (Å²) in [4.78, 5) is 31.7. The number of hydrogen-bond donors (Lipinski definition) is 0. The van der Waals surface area contributed by atoms with E-state index in [2.05, 4.69) is 22.0 Å². The van der Waals surface area contributed by atoms with Crippen LogP contribution in [0, 0.1) is 5.92 Å². The van der Waals surface area contributed by atoms with Gasteiger partial charge in [-0.2, -0.15) is 10.2 Å². The molecule has 3 aromatic rings. The molecule has 0 aliphatic heterocycles. The Morgan fingerprint density at radius 2 is 1.66 bits per heavy atom. The monoisotopic (exact) mass is 522 g/mol. The number of pyridine rings is 1. The van der Waals surface area contributed by atoms with Crippen LogP contribution in [0.2, 0.25) is 0 Å². The van der Waals surface area contributed by atoms with Crippen LogP contribution in [0.4, 0.5) is 9.59 Å². The van der Waals surface area contributed by atoms with E-state index in [0.717, 1.165) is 58.6 Å². The summed E-state index contributed by atoms with van der Waals surface area (Å²) in [5, 5.41) is 9.31. The summed E-state index contributed by atoms with van der Waals surface area (Å²) in [6, 6.07) is 4.30. The van der Waals surface area contributed by atoms with Gasteiger partial charge in [0.25, 0.3) is 0 Å². The molecule has 0 aromatic carbocycles. The minimum Gasteiger partial charge on any atom is -0.443 e. The SMILES string of the molecule is Cn1ncc2nc(-c3cn(C4CC(CN(C(=O)OC(C)(C)C)C(=O)OC(C)(C)C)C4)nc3C3CC3)ccc21. The largest absolute Gasteiger partial charge is 0.443 e. The maximum Gasteiger partial charge on any atom is 0.419 e. The number of ether oxygens (including phenoxy) is 2. The molecular weight excluding hydrogens is 484 g/mol. The first-order valence-corrected chi connectivity index (χ1v) is 13.4. The van der Waals surface area contributed by atoms with Crippen LogP contribution in [0.1, 0.15) is 84.9 Å². The Balaban J connectivity index is 1.30. The zero-order chi connectivity index (χ0) is 27.4. The van der Waals surface area contributed by atoms with Crippen molar-refractivity contribution >= 4 is 23.2 Å². The lowest BCUT2D eigenvalue weighted by Gasteiger charge is -2.38. The molecule has 38 heavy (non-hydrogen) atoms. The van der Waals surface area contributed by atoms with Crippen molar-refractivity contribution in [2.45, 2.75) is 90.4 Å². The van der Waals surface area contributed by atoms with Crippen LogP contribution >= 0.6 is 0 Å². The molecule has 0 N–H and O–H groups in total. The molecule has 2 amide bonds. The van der Waals surface area contributed by atoms with Crippen LogP contribution in [-0.4, -0.2) is 59.4 Å². The van der Waals surface area contributed by atoms with Gasteiger partial charge in [0.15, 0.2) is 0 Å². The third kappa shape index (κ3) is 5.68. The summed E-state index contributed by atoms with van der Waals surface area (Å²) in [6.07, 6.45) is 6.45. The molecule has 0 atom stereocenters. The molecule has 2 aliphatic carbocycles. The average Bonchev–Trinajstić information content (AvgIpc) is 3.42. The van der Waals surface area contributed by atoms with Gasteiger partial charge in [0, 0.05) is 31.3 Å². The third-order valence-electron chi connectivity index (χ3n) is 6.86. The molecule has 0 saturated heterocycles. The quantitative estimate of drug-likeness (QED) is 0.415. The van der Waals surface area contributed by atoms with E-state index < -0.39 is 23.4 Å². The number of hydrogen-bond acceptors (Lipinski definition) is 7. The summed E-state index contributed by atoms with van der Waals surface area (Å²) in [6.45, 7) is 11.0. The number of nitrogens with zero attached hydrogens (tertiary/aromatic N) is 6. The highest BCUT2D eigenvalue weighted by Gasteiger charge is 2.39. The zero-order valence-electron chi connectivity index (χ0n) is 23.4. The van der Waals surface area contributed by atoms with Crippen LogP contribution < -0.4 is 0 Å². The fraction of sp³-hybridized carbons (Fsp3) is 0.607. The van der Waals surface area contributed by atoms with Crippen LogP contribution in [0.3, 0.4) is 0 Å². The van der Waals surface area contributed by atoms with E-state index in [0.29, 0.717) is 5.92 Å². The number of amides is 2. The maximum atomic E-state index is 12.9. The average molecular weight is 523 g/mol. The Hall–Kier alpha value is -3.43. The van der Waals surface area contributed by atoms with Crippen LogP contribution in [0.5, 0.6) is 0 Å². The number of aryl methyl sites for hydroxylation is 1. The van der Waals surface area contributed by atoms with Crippen molar-refractivity contribution in [1.82, 2.24) is 29.4 Å². The molecule has 2 fully saturated rings. The molecule has 0 unspecified atom stereocenters. The van der Waals surface area contributed by atoms with E-state index in [9.17, 15) is 9.59 Å². The Kier molecular flexibility index (Phi) is 6.47. The van der Waals surface area contributed by atoms with Gasteiger partial charge < -0.3 is 9.47 Å². The smallest absolute Gasteiger partial charge is 0.419 e. The van der Waals surface area contributed by atoms with Crippen molar-refractivity contribution < 1.29 is 19.1 Å². The summed E-state index contributed by atoms with van der Waals surface area (Å²) < 4.78 is 14.9. The molecule has 0 spiro atoms. The molecule has 0 bridgehead atoms. The molecule has 204 valence electrons. The van der Waals surface area contributed by atoms with Crippen molar-refractivity contribution in [3.63, 3.8) is 0 Å². The Morgan fingerprint density at radius 1 is 1.03 bits per heavy atom. The van der Waals surface area contributed by atoms with E-state index in [1.54, 1.807) is 47.7 Å². The fourth-order valence-electron chi connectivity index (χ4n) is 4.82. The first-order valence-electron chi connectivity index (χ1n) is 13.4. The molecule has 10 nitrogen and oxygen atoms in total. The van der Waals surface area contributed by atoms with Crippen LogP contribution in [-0.2, 0) is 16.5 Å². The van der Waals surface area contributed by atoms with Gasteiger partial charge in [0.1, 0.15) is 16.7 Å². The number of aromatic nitrogens is 5. The summed E-state index contributed by atoms with van der Waals surface area (Å²) in [5.41, 5.74) is 3.53. The predicted molar refractivity (Wildman–Crippen MR) is 143 cm³/mol. The molecule has 3 aromatic heterocycles. The van der Waals surface area contributed by atoms with E-state index >= 15 is 0 Å². The van der Waals surface area contributed by atoms with Gasteiger partial charge in [-0.05, 0) is 85.3 Å². The minimum absolute atomic E-state index is 0.141. The van der Waals surface area contributed by atoms with E-state index in [1.807, 2.05) is 17.8 Å². The number of carbonyl (C=O) groups excluding carboxylic acids is 2. The molecule has 10 heteroatoms. The number of rotatable bonds is 5. The summed E-state index contributed by atoms with van der Waals surface area (Å²) in [5.74, 6) is 0.616. The van der Waals surface area contributed by atoms with Gasteiger partial charge in [-0.3, -0.25) is 9.36 Å². The number of imide groups is 1. The standard InChI is InChI=1S/C28H38N6O4/c1-27(2,3)37-25(35)33(26(36)38-28(4,5)6)15-17-12-19(13-17)34-16-20(24(31-34)18-8-9-18)21-10-11-23-22(30-21)14-29-32(23)7/h10-11,14,16-19H,8-9,12-13,15H2,1-7H3. The van der Waals surface area contributed by atoms with Crippen LogP contribution in [0.15, 0.2) is 24.5 Å². The lowest BCUT2D eigenvalue weighted by molar-refractivity contribution is -0.00641. The molecule has 0 radical (unpaired) electrons. The summed E-state index contributed by atoms with van der Waals surface area (Å²) in [7, 11) is 1.91. The second-order valence-corrected chi connectivity index (χ2v) is 12.6. The van der Waals surface area contributed by atoms with Gasteiger partial charge in [-0.25, -0.2) is 19.5 Å².